The fourth-order valence-electron chi connectivity index (χ4n) is 2.25. The second-order valence-corrected chi connectivity index (χ2v) is 7.66. The summed E-state index contributed by atoms with van der Waals surface area (Å²) in [6, 6.07) is 7.81. The van der Waals surface area contributed by atoms with Crippen LogP contribution in [0.5, 0.6) is 5.75 Å². The number of nitrogens with two attached hydrogens (primary N) is 1. The Bertz CT molecular complexity index is 551. The minimum Gasteiger partial charge on any atom is -0.488 e. The molecule has 0 aromatic heterocycles. The van der Waals surface area contributed by atoms with Gasteiger partial charge in [-0.2, -0.15) is 0 Å². The van der Waals surface area contributed by atoms with Crippen molar-refractivity contribution in [2.75, 3.05) is 11.5 Å². The van der Waals surface area contributed by atoms with Crippen LogP contribution in [0, 0.1) is 0 Å². The van der Waals surface area contributed by atoms with Crippen LogP contribution in [0.1, 0.15) is 18.4 Å². The largest absolute Gasteiger partial charge is 0.488 e. The lowest BCUT2D eigenvalue weighted by Crippen LogP contribution is -2.45. The van der Waals surface area contributed by atoms with Gasteiger partial charge in [0.25, 0.3) is 0 Å². The number of hydrogen-bond acceptors (Lipinski definition) is 4. The van der Waals surface area contributed by atoms with Gasteiger partial charge in [-0.1, -0.05) is 12.1 Å². The summed E-state index contributed by atoms with van der Waals surface area (Å²) >= 11 is 0. The summed E-state index contributed by atoms with van der Waals surface area (Å²) in [6.45, 7) is 0. The van der Waals surface area contributed by atoms with E-state index in [1.807, 2.05) is 24.3 Å². The maximum Gasteiger partial charge on any atom is 0.157 e. The van der Waals surface area contributed by atoms with Gasteiger partial charge < -0.3 is 10.5 Å². The van der Waals surface area contributed by atoms with Crippen LogP contribution in [-0.4, -0.2) is 31.6 Å². The Kier molecular flexibility index (Phi) is 2.64. The number of hydrogen-bond donors (Lipinski definition) is 1. The number of sulfone groups is 1. The molecule has 1 aromatic carbocycles. The average molecular weight is 267 g/mol. The van der Waals surface area contributed by atoms with Gasteiger partial charge in [0.1, 0.15) is 11.9 Å². The first kappa shape index (κ1) is 12.0. The third-order valence-corrected chi connectivity index (χ3v) is 5.29. The minimum atomic E-state index is -2.82. The maximum atomic E-state index is 11.1. The summed E-state index contributed by atoms with van der Waals surface area (Å²) in [6.07, 6.45) is 2.85. The van der Waals surface area contributed by atoms with E-state index in [1.54, 1.807) is 0 Å². The Morgan fingerprint density at radius 3 is 2.67 bits per heavy atom. The molecule has 0 amide bonds. The molecule has 2 N–H and O–H groups in total. The van der Waals surface area contributed by atoms with Crippen molar-refractivity contribution in [2.45, 2.75) is 30.9 Å². The van der Waals surface area contributed by atoms with Gasteiger partial charge in [0.15, 0.2) is 9.84 Å². The molecule has 1 aliphatic heterocycles. The zero-order chi connectivity index (χ0) is 12.8. The molecule has 2 aliphatic rings. The van der Waals surface area contributed by atoms with Gasteiger partial charge in [0, 0.05) is 5.54 Å². The van der Waals surface area contributed by atoms with Crippen LogP contribution < -0.4 is 10.5 Å². The quantitative estimate of drug-likeness (QED) is 0.880. The van der Waals surface area contributed by atoms with Gasteiger partial charge in [-0.15, -0.1) is 0 Å². The molecule has 5 heteroatoms. The van der Waals surface area contributed by atoms with Crippen molar-refractivity contribution >= 4 is 9.84 Å². The van der Waals surface area contributed by atoms with Crippen molar-refractivity contribution in [1.29, 1.82) is 0 Å². The molecule has 4 nitrogen and oxygen atoms in total. The second-order valence-electron chi connectivity index (χ2n) is 5.50. The predicted octanol–water partition coefficient (Wildman–Crippen LogP) is 0.896. The molecule has 0 bridgehead atoms. The SMILES string of the molecule is NC1(Cc2cccc(OC3CS(=O)(=O)C3)c2)CC1. The zero-order valence-corrected chi connectivity index (χ0v) is 10.9. The Morgan fingerprint density at radius 1 is 1.33 bits per heavy atom. The lowest BCUT2D eigenvalue weighted by molar-refractivity contribution is 0.230. The Labute approximate surface area is 107 Å². The first-order valence-corrected chi connectivity index (χ1v) is 8.01. The minimum absolute atomic E-state index is 0.0154. The summed E-state index contributed by atoms with van der Waals surface area (Å²) in [5.74, 6) is 1.02. The van der Waals surface area contributed by atoms with Gasteiger partial charge >= 0.3 is 0 Å². The molecule has 98 valence electrons. The molecule has 1 aromatic rings. The van der Waals surface area contributed by atoms with E-state index in [9.17, 15) is 8.42 Å². The van der Waals surface area contributed by atoms with Gasteiger partial charge in [-0.3, -0.25) is 0 Å². The number of ether oxygens (including phenoxy) is 1. The molecule has 1 heterocycles. The van der Waals surface area contributed by atoms with Crippen LogP contribution in [-0.2, 0) is 16.3 Å². The maximum absolute atomic E-state index is 11.1. The molecular weight excluding hydrogens is 250 g/mol. The fourth-order valence-corrected chi connectivity index (χ4v) is 3.42. The van der Waals surface area contributed by atoms with Crippen molar-refractivity contribution in [3.8, 4) is 5.75 Å². The third-order valence-electron chi connectivity index (χ3n) is 3.53. The van der Waals surface area contributed by atoms with Crippen molar-refractivity contribution in [1.82, 2.24) is 0 Å². The third kappa shape index (κ3) is 2.67. The van der Waals surface area contributed by atoms with Gasteiger partial charge in [0.05, 0.1) is 11.5 Å². The summed E-state index contributed by atoms with van der Waals surface area (Å²) in [7, 11) is -2.82. The molecule has 18 heavy (non-hydrogen) atoms. The van der Waals surface area contributed by atoms with Crippen LogP contribution in [0.3, 0.4) is 0 Å². The molecule has 0 radical (unpaired) electrons. The van der Waals surface area contributed by atoms with Crippen molar-refractivity contribution in [3.05, 3.63) is 29.8 Å². The molecule has 3 rings (SSSR count). The molecule has 0 spiro atoms. The Morgan fingerprint density at radius 2 is 2.06 bits per heavy atom. The average Bonchev–Trinajstić information content (AvgIpc) is 2.93. The molecule has 0 atom stereocenters. The monoisotopic (exact) mass is 267 g/mol. The van der Waals surface area contributed by atoms with E-state index in [0.717, 1.165) is 30.6 Å². The molecular formula is C13H17NO3S. The highest BCUT2D eigenvalue weighted by molar-refractivity contribution is 7.92. The molecule has 1 saturated heterocycles. The van der Waals surface area contributed by atoms with E-state index < -0.39 is 9.84 Å². The van der Waals surface area contributed by atoms with E-state index in [2.05, 4.69) is 0 Å². The van der Waals surface area contributed by atoms with Crippen LogP contribution >= 0.6 is 0 Å². The molecule has 1 aliphatic carbocycles. The van der Waals surface area contributed by atoms with Crippen LogP contribution in [0.25, 0.3) is 0 Å². The summed E-state index contributed by atoms with van der Waals surface area (Å²) in [5, 5.41) is 0. The highest BCUT2D eigenvalue weighted by Crippen LogP contribution is 2.36. The van der Waals surface area contributed by atoms with Crippen molar-refractivity contribution in [3.63, 3.8) is 0 Å². The predicted molar refractivity (Wildman–Crippen MR) is 69.4 cm³/mol. The summed E-state index contributed by atoms with van der Waals surface area (Å²) < 4.78 is 27.7. The summed E-state index contributed by atoms with van der Waals surface area (Å²) in [4.78, 5) is 0. The first-order chi connectivity index (χ1) is 8.44. The fraction of sp³-hybridized carbons (Fsp3) is 0.538. The highest BCUT2D eigenvalue weighted by Gasteiger charge is 2.38. The lowest BCUT2D eigenvalue weighted by atomic mass is 10.1. The standard InChI is InChI=1S/C13H17NO3S/c14-13(4-5-13)7-10-2-1-3-11(6-10)17-12-8-18(15,16)9-12/h1-3,6,12H,4-5,7-9,14H2. The van der Waals surface area contributed by atoms with Crippen LogP contribution in [0.2, 0.25) is 0 Å². The van der Waals surface area contributed by atoms with E-state index >= 15 is 0 Å². The highest BCUT2D eigenvalue weighted by atomic mass is 32.2. The molecule has 1 saturated carbocycles. The van der Waals surface area contributed by atoms with Gasteiger partial charge in [-0.05, 0) is 37.0 Å². The molecule has 0 unspecified atom stereocenters. The van der Waals surface area contributed by atoms with Crippen molar-refractivity contribution < 1.29 is 13.2 Å². The number of rotatable bonds is 4. The summed E-state index contributed by atoms with van der Waals surface area (Å²) in [5.41, 5.74) is 7.23. The van der Waals surface area contributed by atoms with E-state index in [1.165, 1.54) is 0 Å². The smallest absolute Gasteiger partial charge is 0.157 e. The van der Waals surface area contributed by atoms with E-state index in [0.29, 0.717) is 0 Å². The first-order valence-electron chi connectivity index (χ1n) is 6.19. The Hall–Kier alpha value is -1.07. The topological polar surface area (TPSA) is 69.4 Å². The van der Waals surface area contributed by atoms with Crippen LogP contribution in [0.15, 0.2) is 24.3 Å². The normalized spacial score (nSPS) is 24.3. The number of benzene rings is 1. The van der Waals surface area contributed by atoms with Gasteiger partial charge in [-0.25, -0.2) is 8.42 Å². The van der Waals surface area contributed by atoms with E-state index in [4.69, 9.17) is 10.5 Å². The second kappa shape index (κ2) is 3.96. The van der Waals surface area contributed by atoms with E-state index in [-0.39, 0.29) is 23.1 Å². The van der Waals surface area contributed by atoms with Gasteiger partial charge in [0.2, 0.25) is 0 Å². The molecule has 2 fully saturated rings. The Balaban J connectivity index is 1.64. The van der Waals surface area contributed by atoms with Crippen LogP contribution in [0.4, 0.5) is 0 Å². The zero-order valence-electron chi connectivity index (χ0n) is 10.1. The van der Waals surface area contributed by atoms with Crippen molar-refractivity contribution in [2.24, 2.45) is 5.73 Å². The lowest BCUT2D eigenvalue weighted by Gasteiger charge is -2.26.